The summed E-state index contributed by atoms with van der Waals surface area (Å²) in [5, 5.41) is 2.88. The van der Waals surface area contributed by atoms with E-state index in [1.54, 1.807) is 6.92 Å². The Labute approximate surface area is 59.1 Å². The van der Waals surface area contributed by atoms with Crippen molar-refractivity contribution in [2.45, 2.75) is 32.0 Å². The fourth-order valence-electron chi connectivity index (χ4n) is 1.16. The number of nitroso groups, excluding NO2 is 1. The molecule has 2 atom stereocenters. The van der Waals surface area contributed by atoms with Gasteiger partial charge in [-0.1, -0.05) is 5.18 Å². The first-order chi connectivity index (χ1) is 4.74. The van der Waals surface area contributed by atoms with Crippen LogP contribution in [-0.4, -0.2) is 12.2 Å². The van der Waals surface area contributed by atoms with Gasteiger partial charge < -0.3 is 0 Å². The Morgan fingerprint density at radius 3 is 2.90 bits per heavy atom. The predicted octanol–water partition coefficient (Wildman–Crippen LogP) is 2.20. The van der Waals surface area contributed by atoms with Gasteiger partial charge in [-0.3, -0.25) is 0 Å². The highest BCUT2D eigenvalue weighted by Gasteiger charge is 2.19. The van der Waals surface area contributed by atoms with E-state index in [0.717, 1.165) is 5.57 Å². The van der Waals surface area contributed by atoms with Crippen LogP contribution in [0.2, 0.25) is 0 Å². The molecule has 0 spiro atoms. The molecule has 0 N–H and O–H groups in total. The van der Waals surface area contributed by atoms with E-state index in [9.17, 15) is 9.30 Å². The van der Waals surface area contributed by atoms with E-state index >= 15 is 0 Å². The lowest BCUT2D eigenvalue weighted by Gasteiger charge is -2.16. The SMILES string of the molecule is CC1=CC(F)CCC1N=O. The normalized spacial score (nSPS) is 33.2. The lowest BCUT2D eigenvalue weighted by Crippen LogP contribution is -2.15. The molecule has 10 heavy (non-hydrogen) atoms. The molecule has 2 nitrogen and oxygen atoms in total. The lowest BCUT2D eigenvalue weighted by molar-refractivity contribution is 0.346. The number of alkyl halides is 1. The zero-order valence-corrected chi connectivity index (χ0v) is 5.88. The van der Waals surface area contributed by atoms with E-state index in [0.29, 0.717) is 12.8 Å². The molecule has 0 radical (unpaired) electrons. The van der Waals surface area contributed by atoms with Crippen LogP contribution in [0, 0.1) is 4.91 Å². The van der Waals surface area contributed by atoms with Crippen LogP contribution in [0.25, 0.3) is 0 Å². The Balaban J connectivity index is 2.66. The smallest absolute Gasteiger partial charge is 0.119 e. The van der Waals surface area contributed by atoms with Gasteiger partial charge >= 0.3 is 0 Å². The van der Waals surface area contributed by atoms with Gasteiger partial charge in [0.15, 0.2) is 0 Å². The quantitative estimate of drug-likeness (QED) is 0.408. The molecule has 0 heterocycles. The van der Waals surface area contributed by atoms with Crippen LogP contribution in [-0.2, 0) is 0 Å². The second-order valence-electron chi connectivity index (χ2n) is 2.63. The van der Waals surface area contributed by atoms with Gasteiger partial charge in [0.1, 0.15) is 12.2 Å². The van der Waals surface area contributed by atoms with Crippen molar-refractivity contribution in [2.75, 3.05) is 0 Å². The van der Waals surface area contributed by atoms with Crippen molar-refractivity contribution >= 4 is 0 Å². The Morgan fingerprint density at radius 1 is 1.70 bits per heavy atom. The summed E-state index contributed by atoms with van der Waals surface area (Å²) in [5.41, 5.74) is 0.772. The van der Waals surface area contributed by atoms with Gasteiger partial charge in [-0.15, -0.1) is 0 Å². The maximum absolute atomic E-state index is 12.5. The van der Waals surface area contributed by atoms with Crippen LogP contribution in [0.5, 0.6) is 0 Å². The van der Waals surface area contributed by atoms with Crippen LogP contribution < -0.4 is 0 Å². The molecule has 0 amide bonds. The first kappa shape index (κ1) is 7.38. The first-order valence-corrected chi connectivity index (χ1v) is 3.39. The maximum atomic E-state index is 12.5. The van der Waals surface area contributed by atoms with Crippen molar-refractivity contribution in [3.63, 3.8) is 0 Å². The van der Waals surface area contributed by atoms with E-state index in [2.05, 4.69) is 5.18 Å². The highest BCUT2D eigenvalue weighted by molar-refractivity contribution is 5.14. The van der Waals surface area contributed by atoms with Crippen molar-refractivity contribution in [3.05, 3.63) is 16.6 Å². The van der Waals surface area contributed by atoms with Crippen molar-refractivity contribution in [3.8, 4) is 0 Å². The van der Waals surface area contributed by atoms with E-state index in [1.165, 1.54) is 6.08 Å². The fourth-order valence-corrected chi connectivity index (χ4v) is 1.16. The van der Waals surface area contributed by atoms with Crippen LogP contribution in [0.1, 0.15) is 19.8 Å². The molecular weight excluding hydrogens is 133 g/mol. The molecule has 0 fully saturated rings. The van der Waals surface area contributed by atoms with E-state index in [4.69, 9.17) is 0 Å². The molecule has 0 aromatic carbocycles. The molecule has 0 saturated carbocycles. The maximum Gasteiger partial charge on any atom is 0.119 e. The highest BCUT2D eigenvalue weighted by Crippen LogP contribution is 2.22. The highest BCUT2D eigenvalue weighted by atomic mass is 19.1. The van der Waals surface area contributed by atoms with Crippen molar-refractivity contribution in [1.82, 2.24) is 0 Å². The number of nitrogens with zero attached hydrogens (tertiary/aromatic N) is 1. The monoisotopic (exact) mass is 143 g/mol. The van der Waals surface area contributed by atoms with Crippen LogP contribution in [0.4, 0.5) is 4.39 Å². The van der Waals surface area contributed by atoms with E-state index in [-0.39, 0.29) is 6.04 Å². The molecular formula is C7H10FNO. The number of hydrogen-bond donors (Lipinski definition) is 0. The lowest BCUT2D eigenvalue weighted by atomic mass is 9.95. The summed E-state index contributed by atoms with van der Waals surface area (Å²) in [4.78, 5) is 10.1. The minimum absolute atomic E-state index is 0.271. The molecule has 0 aromatic heterocycles. The van der Waals surface area contributed by atoms with Gasteiger partial charge in [-0.05, 0) is 31.4 Å². The molecule has 1 rings (SSSR count). The second kappa shape index (κ2) is 2.90. The zero-order valence-electron chi connectivity index (χ0n) is 5.88. The zero-order chi connectivity index (χ0) is 7.56. The van der Waals surface area contributed by atoms with Crippen LogP contribution >= 0.6 is 0 Å². The molecule has 1 aliphatic carbocycles. The van der Waals surface area contributed by atoms with Gasteiger partial charge in [-0.25, -0.2) is 4.39 Å². The third-order valence-corrected chi connectivity index (χ3v) is 1.81. The number of rotatable bonds is 1. The Kier molecular flexibility index (Phi) is 2.14. The summed E-state index contributed by atoms with van der Waals surface area (Å²) in [5.74, 6) is 0. The second-order valence-corrected chi connectivity index (χ2v) is 2.63. The average Bonchev–Trinajstić information content (AvgIpc) is 1.88. The number of allylic oxidation sites excluding steroid dienone is 1. The first-order valence-electron chi connectivity index (χ1n) is 3.39. The molecule has 56 valence electrons. The fraction of sp³-hybridized carbons (Fsp3) is 0.714. The molecule has 2 unspecified atom stereocenters. The standard InChI is InChI=1S/C7H10FNO/c1-5-4-6(8)2-3-7(5)9-10/h4,6-7H,2-3H2,1H3. The van der Waals surface area contributed by atoms with Gasteiger partial charge in [0.05, 0.1) is 0 Å². The Hall–Kier alpha value is -0.730. The predicted molar refractivity (Wildman–Crippen MR) is 37.5 cm³/mol. The Bertz CT molecular complexity index is 167. The largest absolute Gasteiger partial charge is 0.243 e. The van der Waals surface area contributed by atoms with Crippen LogP contribution in [0.15, 0.2) is 16.8 Å². The van der Waals surface area contributed by atoms with Crippen molar-refractivity contribution in [1.29, 1.82) is 0 Å². The topological polar surface area (TPSA) is 29.4 Å². The van der Waals surface area contributed by atoms with Gasteiger partial charge in [-0.2, -0.15) is 4.91 Å². The summed E-state index contributed by atoms with van der Waals surface area (Å²) in [7, 11) is 0. The van der Waals surface area contributed by atoms with E-state index in [1.807, 2.05) is 0 Å². The summed E-state index contributed by atoms with van der Waals surface area (Å²) < 4.78 is 12.5. The van der Waals surface area contributed by atoms with Gasteiger partial charge in [0.25, 0.3) is 0 Å². The van der Waals surface area contributed by atoms with E-state index < -0.39 is 6.17 Å². The summed E-state index contributed by atoms with van der Waals surface area (Å²) in [6.07, 6.45) is 1.62. The molecule has 0 aliphatic heterocycles. The molecule has 0 bridgehead atoms. The third-order valence-electron chi connectivity index (χ3n) is 1.81. The Morgan fingerprint density at radius 2 is 2.40 bits per heavy atom. The molecule has 1 aliphatic rings. The summed E-state index contributed by atoms with van der Waals surface area (Å²) in [6, 6.07) is -0.271. The summed E-state index contributed by atoms with van der Waals surface area (Å²) in [6.45, 7) is 1.75. The number of hydrogen-bond acceptors (Lipinski definition) is 2. The minimum atomic E-state index is -0.863. The minimum Gasteiger partial charge on any atom is -0.243 e. The third kappa shape index (κ3) is 1.40. The van der Waals surface area contributed by atoms with Crippen molar-refractivity contribution < 1.29 is 4.39 Å². The molecule has 0 saturated heterocycles. The number of halogens is 1. The van der Waals surface area contributed by atoms with Gasteiger partial charge in [0, 0.05) is 0 Å². The molecule has 0 aromatic rings. The van der Waals surface area contributed by atoms with Gasteiger partial charge in [0.2, 0.25) is 0 Å². The van der Waals surface area contributed by atoms with Crippen molar-refractivity contribution in [2.24, 2.45) is 5.18 Å². The summed E-state index contributed by atoms with van der Waals surface area (Å²) >= 11 is 0. The molecule has 3 heteroatoms. The average molecular weight is 143 g/mol. The van der Waals surface area contributed by atoms with Crippen LogP contribution in [0.3, 0.4) is 0 Å².